The van der Waals surface area contributed by atoms with Gasteiger partial charge in [-0.05, 0) is 93.9 Å². The second-order valence-corrected chi connectivity index (χ2v) is 9.80. The number of benzene rings is 2. The molecular formula is C27H35FN3O2+. The molecule has 2 aliphatic heterocycles. The topological polar surface area (TPSA) is 63.4 Å². The van der Waals surface area contributed by atoms with E-state index in [0.29, 0.717) is 30.5 Å². The number of carbonyl (C=O) groups excluding carboxylic acids is 2. The van der Waals surface area contributed by atoms with Crippen molar-refractivity contribution in [3.05, 3.63) is 71.5 Å². The summed E-state index contributed by atoms with van der Waals surface area (Å²) in [7, 11) is 0. The highest BCUT2D eigenvalue weighted by Gasteiger charge is 2.47. The Balaban J connectivity index is 1.28. The largest absolute Gasteiger partial charge is 0.421 e. The van der Waals surface area contributed by atoms with Crippen molar-refractivity contribution in [2.75, 3.05) is 32.7 Å². The molecule has 0 aromatic heterocycles. The number of hydrogen-bond donors (Lipinski definition) is 1. The van der Waals surface area contributed by atoms with Crippen molar-refractivity contribution in [3.8, 4) is 0 Å². The second-order valence-electron chi connectivity index (χ2n) is 9.80. The number of amides is 3. The van der Waals surface area contributed by atoms with Crippen molar-refractivity contribution in [2.45, 2.75) is 38.5 Å². The van der Waals surface area contributed by atoms with E-state index in [9.17, 15) is 14.0 Å². The van der Waals surface area contributed by atoms with Gasteiger partial charge in [-0.2, -0.15) is 4.48 Å². The molecule has 6 heteroatoms. The van der Waals surface area contributed by atoms with Gasteiger partial charge in [-0.15, -0.1) is 0 Å². The summed E-state index contributed by atoms with van der Waals surface area (Å²) in [6.07, 6.45) is 6.17. The number of hydrogen-bond acceptors (Lipinski definition) is 3. The molecule has 2 fully saturated rings. The van der Waals surface area contributed by atoms with Crippen molar-refractivity contribution in [1.82, 2.24) is 4.90 Å². The highest BCUT2D eigenvalue weighted by Crippen LogP contribution is 2.29. The zero-order valence-electron chi connectivity index (χ0n) is 19.3. The van der Waals surface area contributed by atoms with Crippen LogP contribution in [0.5, 0.6) is 0 Å². The number of primary amides is 1. The molecule has 3 amide bonds. The summed E-state index contributed by atoms with van der Waals surface area (Å²) in [5.41, 5.74) is 7.57. The summed E-state index contributed by atoms with van der Waals surface area (Å²) < 4.78 is 12.9. The fourth-order valence-corrected chi connectivity index (χ4v) is 5.55. The number of halogens is 1. The van der Waals surface area contributed by atoms with Crippen LogP contribution in [0.4, 0.5) is 9.18 Å². The van der Waals surface area contributed by atoms with E-state index in [4.69, 9.17) is 5.73 Å². The van der Waals surface area contributed by atoms with Gasteiger partial charge in [-0.25, -0.2) is 14.0 Å². The van der Waals surface area contributed by atoms with Gasteiger partial charge in [0.15, 0.2) is 0 Å². The van der Waals surface area contributed by atoms with E-state index in [1.54, 1.807) is 24.3 Å². The van der Waals surface area contributed by atoms with Crippen molar-refractivity contribution in [1.29, 1.82) is 0 Å². The third-order valence-corrected chi connectivity index (χ3v) is 7.55. The van der Waals surface area contributed by atoms with Gasteiger partial charge in [0.25, 0.3) is 0 Å². The first-order chi connectivity index (χ1) is 16.0. The van der Waals surface area contributed by atoms with Gasteiger partial charge in [-0.3, -0.25) is 0 Å². The molecule has 0 saturated carbocycles. The van der Waals surface area contributed by atoms with Crippen LogP contribution in [-0.2, 0) is 6.42 Å². The smallest absolute Gasteiger partial charge is 0.318 e. The van der Waals surface area contributed by atoms with Crippen LogP contribution in [-0.4, -0.2) is 54.0 Å². The zero-order valence-corrected chi connectivity index (χ0v) is 19.3. The third kappa shape index (κ3) is 5.68. The number of carbonyl (C=O) groups is 2. The number of nitrogens with two attached hydrogens (primary N) is 1. The fourth-order valence-electron chi connectivity index (χ4n) is 5.55. The molecule has 0 radical (unpaired) electrons. The second kappa shape index (κ2) is 10.6. The van der Waals surface area contributed by atoms with Gasteiger partial charge >= 0.3 is 11.9 Å². The lowest BCUT2D eigenvalue weighted by atomic mass is 9.89. The first kappa shape index (κ1) is 23.6. The number of imide groups is 1. The number of likely N-dealkylation sites (tertiary alicyclic amines) is 2. The summed E-state index contributed by atoms with van der Waals surface area (Å²) in [6.45, 7) is 4.12. The monoisotopic (exact) mass is 452 g/mol. The highest BCUT2D eigenvalue weighted by molar-refractivity contribution is 5.95. The van der Waals surface area contributed by atoms with Gasteiger partial charge in [0.2, 0.25) is 0 Å². The van der Waals surface area contributed by atoms with E-state index in [2.05, 4.69) is 4.90 Å². The van der Waals surface area contributed by atoms with E-state index in [0.717, 1.165) is 58.2 Å². The molecule has 2 aromatic rings. The normalized spacial score (nSPS) is 24.5. The van der Waals surface area contributed by atoms with Crippen LogP contribution in [0.3, 0.4) is 0 Å². The first-order valence-corrected chi connectivity index (χ1v) is 12.2. The zero-order chi connectivity index (χ0) is 23.3. The maximum absolute atomic E-state index is 13.3. The van der Waals surface area contributed by atoms with Crippen LogP contribution in [0.25, 0.3) is 0 Å². The van der Waals surface area contributed by atoms with Crippen LogP contribution in [0, 0.1) is 17.7 Å². The molecular weight excluding hydrogens is 417 g/mol. The SMILES string of the molecule is NC(=O)[N+]1(C(=O)c2ccccc2)CCCC(CCN2CCC(Cc3ccc(F)cc3)CC2)C1. The molecule has 176 valence electrons. The molecule has 5 nitrogen and oxygen atoms in total. The number of quaternary nitrogens is 1. The predicted molar refractivity (Wildman–Crippen MR) is 127 cm³/mol. The van der Waals surface area contributed by atoms with E-state index >= 15 is 0 Å². The Labute approximate surface area is 196 Å². The Morgan fingerprint density at radius 1 is 0.970 bits per heavy atom. The molecule has 2 heterocycles. The molecule has 2 N–H and O–H groups in total. The average molecular weight is 453 g/mol. The van der Waals surface area contributed by atoms with E-state index in [1.165, 1.54) is 5.56 Å². The predicted octanol–water partition coefficient (Wildman–Crippen LogP) is 4.62. The Hall–Kier alpha value is -2.57. The van der Waals surface area contributed by atoms with Crippen LogP contribution in [0.15, 0.2) is 54.6 Å². The van der Waals surface area contributed by atoms with Crippen molar-refractivity contribution < 1.29 is 18.5 Å². The minimum atomic E-state index is -0.532. The maximum atomic E-state index is 13.3. The third-order valence-electron chi connectivity index (χ3n) is 7.55. The first-order valence-electron chi connectivity index (χ1n) is 12.2. The molecule has 2 atom stereocenters. The summed E-state index contributed by atoms with van der Waals surface area (Å²) in [5.74, 6) is 0.607. The molecule has 2 aromatic carbocycles. The van der Waals surface area contributed by atoms with Gasteiger partial charge in [0.05, 0.1) is 18.7 Å². The quantitative estimate of drug-likeness (QED) is 0.651. The lowest BCUT2D eigenvalue weighted by Crippen LogP contribution is -2.63. The molecule has 0 aliphatic carbocycles. The van der Waals surface area contributed by atoms with Gasteiger partial charge in [0.1, 0.15) is 5.82 Å². The summed E-state index contributed by atoms with van der Waals surface area (Å²) >= 11 is 0. The lowest BCUT2D eigenvalue weighted by molar-refractivity contribution is -0.777. The van der Waals surface area contributed by atoms with Gasteiger partial charge < -0.3 is 10.6 Å². The van der Waals surface area contributed by atoms with Crippen LogP contribution in [0.2, 0.25) is 0 Å². The number of urea groups is 1. The molecule has 2 saturated heterocycles. The van der Waals surface area contributed by atoms with Crippen LogP contribution in [0.1, 0.15) is 48.0 Å². The average Bonchev–Trinajstić information content (AvgIpc) is 2.85. The molecule has 0 spiro atoms. The highest BCUT2D eigenvalue weighted by atomic mass is 19.1. The fraction of sp³-hybridized carbons (Fsp3) is 0.481. The van der Waals surface area contributed by atoms with Crippen LogP contribution >= 0.6 is 0 Å². The lowest BCUT2D eigenvalue weighted by Gasteiger charge is -2.39. The Bertz CT molecular complexity index is 942. The number of rotatable bonds is 6. The summed E-state index contributed by atoms with van der Waals surface area (Å²) in [5, 5.41) is 0. The minimum absolute atomic E-state index is 0.172. The molecule has 33 heavy (non-hydrogen) atoms. The summed E-state index contributed by atoms with van der Waals surface area (Å²) in [4.78, 5) is 28.3. The van der Waals surface area contributed by atoms with E-state index in [1.807, 2.05) is 30.3 Å². The summed E-state index contributed by atoms with van der Waals surface area (Å²) in [6, 6.07) is 15.4. The van der Waals surface area contributed by atoms with Crippen molar-refractivity contribution >= 4 is 11.9 Å². The number of nitrogens with zero attached hydrogens (tertiary/aromatic N) is 2. The van der Waals surface area contributed by atoms with Crippen LogP contribution < -0.4 is 5.73 Å². The Kier molecular flexibility index (Phi) is 7.56. The van der Waals surface area contributed by atoms with Gasteiger partial charge in [-0.1, -0.05) is 30.3 Å². The molecule has 2 aliphatic rings. The maximum Gasteiger partial charge on any atom is 0.421 e. The molecule has 2 unspecified atom stereocenters. The molecule has 4 rings (SSSR count). The van der Waals surface area contributed by atoms with Crippen molar-refractivity contribution in [2.24, 2.45) is 17.6 Å². The Morgan fingerprint density at radius 2 is 1.67 bits per heavy atom. The van der Waals surface area contributed by atoms with Gasteiger partial charge in [0, 0.05) is 5.92 Å². The Morgan fingerprint density at radius 3 is 2.33 bits per heavy atom. The van der Waals surface area contributed by atoms with E-state index < -0.39 is 6.03 Å². The minimum Gasteiger partial charge on any atom is -0.318 e. The van der Waals surface area contributed by atoms with E-state index in [-0.39, 0.29) is 16.2 Å². The standard InChI is InChI=1S/C27H34FN3O2/c28-25-10-8-21(9-11-25)19-22-12-15-30(16-13-22)17-14-23-5-4-18-31(20-23,27(29)33)26(32)24-6-2-1-3-7-24/h1-3,6-11,22-23H,4-5,12-20H2,(H-,29,33)/p+1. The number of piperidine rings is 2. The van der Waals surface area contributed by atoms with Crippen molar-refractivity contribution in [3.63, 3.8) is 0 Å². The molecule has 0 bridgehead atoms.